The maximum Gasteiger partial charge on any atom is 0.307 e. The van der Waals surface area contributed by atoms with E-state index in [-0.39, 0.29) is 6.42 Å². The van der Waals surface area contributed by atoms with Crippen LogP contribution in [0.1, 0.15) is 18.1 Å². The molecule has 0 spiro atoms. The molecule has 0 atom stereocenters. The molecule has 1 rings (SSSR count). The average molecular weight is 221 g/mol. The van der Waals surface area contributed by atoms with Crippen LogP contribution in [0.15, 0.2) is 23.1 Å². The summed E-state index contributed by atoms with van der Waals surface area (Å²) in [6.07, 6.45) is -0.0962. The fourth-order valence-corrected chi connectivity index (χ4v) is 1.97. The van der Waals surface area contributed by atoms with Crippen molar-refractivity contribution in [3.05, 3.63) is 29.3 Å². The first-order valence-corrected chi connectivity index (χ1v) is 5.53. The average Bonchev–Trinajstić information content (AvgIpc) is 2.18. The molecule has 15 heavy (non-hydrogen) atoms. The highest BCUT2D eigenvalue weighted by atomic mass is 32.2. The van der Waals surface area contributed by atoms with Gasteiger partial charge in [0.05, 0.1) is 18.1 Å². The van der Waals surface area contributed by atoms with Gasteiger partial charge in [-0.2, -0.15) is 5.26 Å². The molecule has 3 nitrogen and oxygen atoms in total. The van der Waals surface area contributed by atoms with Crippen LogP contribution in [0, 0.1) is 11.3 Å². The molecular formula is C11H11NO2S. The van der Waals surface area contributed by atoms with Gasteiger partial charge < -0.3 is 5.11 Å². The summed E-state index contributed by atoms with van der Waals surface area (Å²) in [6.45, 7) is 2.03. The number of carbonyl (C=O) groups is 1. The minimum atomic E-state index is -0.912. The van der Waals surface area contributed by atoms with E-state index in [1.807, 2.05) is 19.1 Å². The second kappa shape index (κ2) is 5.42. The summed E-state index contributed by atoms with van der Waals surface area (Å²) in [7, 11) is 0. The molecule has 1 N–H and O–H groups in total. The van der Waals surface area contributed by atoms with Crippen LogP contribution in [0.3, 0.4) is 0 Å². The highest BCUT2D eigenvalue weighted by molar-refractivity contribution is 7.99. The minimum absolute atomic E-state index is 0.0962. The quantitative estimate of drug-likeness (QED) is 0.792. The molecule has 0 bridgehead atoms. The molecule has 0 aliphatic rings. The highest BCUT2D eigenvalue weighted by Gasteiger charge is 2.07. The van der Waals surface area contributed by atoms with Gasteiger partial charge >= 0.3 is 5.97 Å². The summed E-state index contributed by atoms with van der Waals surface area (Å²) in [4.78, 5) is 11.6. The van der Waals surface area contributed by atoms with Gasteiger partial charge in [-0.3, -0.25) is 4.79 Å². The van der Waals surface area contributed by atoms with Crippen LogP contribution in [0.2, 0.25) is 0 Å². The second-order valence-electron chi connectivity index (χ2n) is 2.93. The number of hydrogen-bond acceptors (Lipinski definition) is 3. The van der Waals surface area contributed by atoms with Crippen LogP contribution >= 0.6 is 11.8 Å². The second-order valence-corrected chi connectivity index (χ2v) is 4.27. The van der Waals surface area contributed by atoms with Gasteiger partial charge in [-0.05, 0) is 29.5 Å². The summed E-state index contributed by atoms with van der Waals surface area (Å²) < 4.78 is 0. The van der Waals surface area contributed by atoms with Gasteiger partial charge in [0.1, 0.15) is 0 Å². The first kappa shape index (κ1) is 11.6. The molecule has 0 aliphatic carbocycles. The summed E-state index contributed by atoms with van der Waals surface area (Å²) >= 11 is 1.63. The topological polar surface area (TPSA) is 61.1 Å². The first-order valence-electron chi connectivity index (χ1n) is 4.55. The zero-order valence-corrected chi connectivity index (χ0v) is 9.17. The number of carboxylic acids is 1. The smallest absolute Gasteiger partial charge is 0.307 e. The van der Waals surface area contributed by atoms with E-state index in [1.54, 1.807) is 23.9 Å². The van der Waals surface area contributed by atoms with Gasteiger partial charge in [0.25, 0.3) is 0 Å². The molecule has 1 aromatic carbocycles. The molecule has 0 aromatic heterocycles. The summed E-state index contributed by atoms with van der Waals surface area (Å²) in [6, 6.07) is 7.30. The third kappa shape index (κ3) is 3.30. The number of nitrogens with zero attached hydrogens (tertiary/aromatic N) is 1. The monoisotopic (exact) mass is 221 g/mol. The van der Waals surface area contributed by atoms with Crippen molar-refractivity contribution in [2.45, 2.75) is 18.2 Å². The van der Waals surface area contributed by atoms with E-state index in [4.69, 9.17) is 10.4 Å². The number of thioether (sulfide) groups is 1. The maximum atomic E-state index is 10.6. The summed E-state index contributed by atoms with van der Waals surface area (Å²) in [5.41, 5.74) is 1.03. The van der Waals surface area contributed by atoms with E-state index < -0.39 is 5.97 Å². The van der Waals surface area contributed by atoms with Gasteiger partial charge in [-0.25, -0.2) is 0 Å². The van der Waals surface area contributed by atoms with E-state index in [2.05, 4.69) is 0 Å². The van der Waals surface area contributed by atoms with Crippen molar-refractivity contribution >= 4 is 17.7 Å². The number of rotatable bonds is 4. The Morgan fingerprint density at radius 2 is 2.33 bits per heavy atom. The van der Waals surface area contributed by atoms with E-state index in [1.165, 1.54) is 0 Å². The molecule has 0 saturated carbocycles. The van der Waals surface area contributed by atoms with Crippen LogP contribution in [-0.2, 0) is 11.2 Å². The molecule has 0 heterocycles. The number of nitriles is 1. The van der Waals surface area contributed by atoms with Crippen molar-refractivity contribution in [2.75, 3.05) is 5.75 Å². The molecule has 4 heteroatoms. The zero-order valence-electron chi connectivity index (χ0n) is 8.36. The van der Waals surface area contributed by atoms with Crippen LogP contribution in [0.5, 0.6) is 0 Å². The van der Waals surface area contributed by atoms with Gasteiger partial charge in [0, 0.05) is 4.90 Å². The van der Waals surface area contributed by atoms with E-state index >= 15 is 0 Å². The lowest BCUT2D eigenvalue weighted by Gasteiger charge is -2.04. The van der Waals surface area contributed by atoms with Crippen molar-refractivity contribution in [2.24, 2.45) is 0 Å². The van der Waals surface area contributed by atoms with Crippen LogP contribution in [0.4, 0.5) is 0 Å². The maximum absolute atomic E-state index is 10.6. The van der Waals surface area contributed by atoms with Crippen molar-refractivity contribution in [3.8, 4) is 6.07 Å². The Bertz CT molecular complexity index is 410. The molecule has 0 saturated heterocycles. The number of hydrogen-bond donors (Lipinski definition) is 1. The van der Waals surface area contributed by atoms with Crippen molar-refractivity contribution in [3.63, 3.8) is 0 Å². The Morgan fingerprint density at radius 1 is 1.60 bits per heavy atom. The Labute approximate surface area is 92.7 Å². The number of benzene rings is 1. The van der Waals surface area contributed by atoms with Crippen molar-refractivity contribution in [1.82, 2.24) is 0 Å². The fourth-order valence-electron chi connectivity index (χ4n) is 1.24. The van der Waals surface area contributed by atoms with Crippen LogP contribution in [0.25, 0.3) is 0 Å². The van der Waals surface area contributed by atoms with Crippen LogP contribution in [-0.4, -0.2) is 16.8 Å². The standard InChI is InChI=1S/C11H11NO2S/c1-2-15-10-4-3-8(7-12)9(5-10)6-11(13)14/h3-5H,2,6H2,1H3,(H,13,14). The third-order valence-electron chi connectivity index (χ3n) is 1.85. The first-order chi connectivity index (χ1) is 7.17. The van der Waals surface area contributed by atoms with Gasteiger partial charge in [0.15, 0.2) is 0 Å². The van der Waals surface area contributed by atoms with E-state index in [9.17, 15) is 4.79 Å². The molecule has 78 valence electrons. The molecule has 0 fully saturated rings. The lowest BCUT2D eigenvalue weighted by molar-refractivity contribution is -0.136. The Balaban J connectivity index is 3.03. The van der Waals surface area contributed by atoms with Crippen LogP contribution < -0.4 is 0 Å². The Morgan fingerprint density at radius 3 is 2.87 bits per heavy atom. The summed E-state index contributed by atoms with van der Waals surface area (Å²) in [5, 5.41) is 17.5. The molecule has 1 aromatic rings. The predicted molar refractivity (Wildman–Crippen MR) is 58.9 cm³/mol. The SMILES string of the molecule is CCSc1ccc(C#N)c(CC(=O)O)c1. The van der Waals surface area contributed by atoms with E-state index in [0.29, 0.717) is 11.1 Å². The normalized spacial score (nSPS) is 9.60. The molecule has 0 unspecified atom stereocenters. The van der Waals surface area contributed by atoms with Gasteiger partial charge in [-0.1, -0.05) is 6.92 Å². The van der Waals surface area contributed by atoms with E-state index in [0.717, 1.165) is 10.6 Å². The highest BCUT2D eigenvalue weighted by Crippen LogP contribution is 2.21. The van der Waals surface area contributed by atoms with Gasteiger partial charge in [-0.15, -0.1) is 11.8 Å². The molecule has 0 amide bonds. The zero-order chi connectivity index (χ0) is 11.3. The van der Waals surface area contributed by atoms with Crippen molar-refractivity contribution in [1.29, 1.82) is 5.26 Å². The number of aliphatic carboxylic acids is 1. The Hall–Kier alpha value is -1.47. The lowest BCUT2D eigenvalue weighted by atomic mass is 10.1. The predicted octanol–water partition coefficient (Wildman–Crippen LogP) is 2.30. The minimum Gasteiger partial charge on any atom is -0.481 e. The van der Waals surface area contributed by atoms with Crippen molar-refractivity contribution < 1.29 is 9.90 Å². The third-order valence-corrected chi connectivity index (χ3v) is 2.73. The molecule has 0 aliphatic heterocycles. The molecule has 0 radical (unpaired) electrons. The Kier molecular flexibility index (Phi) is 4.19. The lowest BCUT2D eigenvalue weighted by Crippen LogP contribution is -2.02. The summed E-state index contributed by atoms with van der Waals surface area (Å²) in [5.74, 6) is 0.0171. The molecular weight excluding hydrogens is 210 g/mol. The fraction of sp³-hybridized carbons (Fsp3) is 0.273. The number of carboxylic acid groups (broad SMARTS) is 1. The largest absolute Gasteiger partial charge is 0.481 e. The van der Waals surface area contributed by atoms with Gasteiger partial charge in [0.2, 0.25) is 0 Å².